The van der Waals surface area contributed by atoms with Gasteiger partial charge in [-0.25, -0.2) is 4.98 Å². The van der Waals surface area contributed by atoms with Crippen molar-refractivity contribution < 1.29 is 9.90 Å². The summed E-state index contributed by atoms with van der Waals surface area (Å²) in [6, 6.07) is 0. The Morgan fingerprint density at radius 3 is 2.81 bits per heavy atom. The van der Waals surface area contributed by atoms with Crippen LogP contribution in [0.1, 0.15) is 82.3 Å². The second-order valence-electron chi connectivity index (χ2n) is 9.70. The van der Waals surface area contributed by atoms with Gasteiger partial charge in [-0.3, -0.25) is 4.79 Å². The van der Waals surface area contributed by atoms with Crippen molar-refractivity contribution in [3.63, 3.8) is 0 Å². The molecule has 1 aromatic heterocycles. The molecule has 0 aliphatic heterocycles. The van der Waals surface area contributed by atoms with Crippen molar-refractivity contribution in [2.45, 2.75) is 83.7 Å². The Kier molecular flexibility index (Phi) is 4.47. The van der Waals surface area contributed by atoms with Crippen LogP contribution in [-0.2, 0) is 11.2 Å². The van der Waals surface area contributed by atoms with Crippen molar-refractivity contribution in [3.8, 4) is 0 Å². The van der Waals surface area contributed by atoms with Crippen LogP contribution in [0.5, 0.6) is 0 Å². The second-order valence-corrected chi connectivity index (χ2v) is 10.6. The molecule has 4 saturated carbocycles. The fourth-order valence-electron chi connectivity index (χ4n) is 6.43. The Balaban J connectivity index is 1.41. The lowest BCUT2D eigenvalue weighted by Gasteiger charge is -2.64. The minimum Gasteiger partial charge on any atom is -0.390 e. The van der Waals surface area contributed by atoms with Gasteiger partial charge in [-0.05, 0) is 49.9 Å². The van der Waals surface area contributed by atoms with E-state index in [1.165, 1.54) is 11.4 Å². The number of aliphatic hydroxyl groups is 1. The lowest BCUT2D eigenvalue weighted by Crippen LogP contribution is -2.63. The maximum absolute atomic E-state index is 13.2. The van der Waals surface area contributed by atoms with Gasteiger partial charge in [-0.1, -0.05) is 27.2 Å². The summed E-state index contributed by atoms with van der Waals surface area (Å²) in [5, 5.41) is 17.6. The molecule has 0 saturated heterocycles. The number of hydrogen-bond donors (Lipinski definition) is 2. The van der Waals surface area contributed by atoms with Gasteiger partial charge < -0.3 is 10.4 Å². The molecule has 0 radical (unpaired) electrons. The van der Waals surface area contributed by atoms with Gasteiger partial charge in [0.15, 0.2) is 0 Å². The molecule has 4 atom stereocenters. The van der Waals surface area contributed by atoms with Crippen molar-refractivity contribution in [1.82, 2.24) is 10.3 Å². The normalized spacial score (nSPS) is 38.1. The highest BCUT2D eigenvalue weighted by atomic mass is 32.1. The van der Waals surface area contributed by atoms with Gasteiger partial charge >= 0.3 is 0 Å². The molecule has 0 spiro atoms. The Labute approximate surface area is 160 Å². The highest BCUT2D eigenvalue weighted by Gasteiger charge is 2.64. The Bertz CT molecular complexity index is 702. The smallest absolute Gasteiger partial charge is 0.226 e. The number of nitrogens with one attached hydrogen (secondary N) is 1. The van der Waals surface area contributed by atoms with Crippen molar-refractivity contribution in [2.75, 3.05) is 6.54 Å². The summed E-state index contributed by atoms with van der Waals surface area (Å²) >= 11 is 1.71. The first kappa shape index (κ1) is 18.4. The highest BCUT2D eigenvalue weighted by Crippen LogP contribution is 2.67. The summed E-state index contributed by atoms with van der Waals surface area (Å²) in [4.78, 5) is 17.8. The molecule has 2 N–H and O–H groups in total. The number of hydrogen-bond acceptors (Lipinski definition) is 4. The van der Waals surface area contributed by atoms with Crippen LogP contribution >= 0.6 is 11.3 Å². The van der Waals surface area contributed by atoms with Crippen LogP contribution in [0, 0.1) is 16.7 Å². The molecule has 4 nitrogen and oxygen atoms in total. The van der Waals surface area contributed by atoms with Gasteiger partial charge in [-0.2, -0.15) is 0 Å². The van der Waals surface area contributed by atoms with Crippen molar-refractivity contribution in [3.05, 3.63) is 16.1 Å². The summed E-state index contributed by atoms with van der Waals surface area (Å²) < 4.78 is 0. The van der Waals surface area contributed by atoms with Crippen LogP contribution in [0.15, 0.2) is 5.38 Å². The molecule has 1 amide bonds. The van der Waals surface area contributed by atoms with E-state index in [2.05, 4.69) is 36.5 Å². The van der Waals surface area contributed by atoms with E-state index in [0.29, 0.717) is 24.8 Å². The number of carbonyl (C=O) groups excluding carboxylic acids is 1. The SMILES string of the molecule is CCC12CC3CC(O)(C1)CC(C(=O)NCCc1csc(C(C)C)n1)(C3)C2. The molecule has 144 valence electrons. The fraction of sp³-hybridized carbons (Fsp3) is 0.810. The number of amides is 1. The Hall–Kier alpha value is -0.940. The number of carbonyl (C=O) groups is 1. The van der Waals surface area contributed by atoms with Crippen molar-refractivity contribution in [2.24, 2.45) is 16.7 Å². The highest BCUT2D eigenvalue weighted by molar-refractivity contribution is 7.09. The molecule has 4 bridgehead atoms. The van der Waals surface area contributed by atoms with Crippen LogP contribution in [0.25, 0.3) is 0 Å². The van der Waals surface area contributed by atoms with E-state index in [4.69, 9.17) is 0 Å². The van der Waals surface area contributed by atoms with Gasteiger partial charge in [0.2, 0.25) is 5.91 Å². The molecule has 4 fully saturated rings. The minimum atomic E-state index is -0.603. The molecule has 1 heterocycles. The first-order valence-electron chi connectivity index (χ1n) is 10.2. The standard InChI is InChI=1S/C21H32N2O2S/c1-4-19-7-15-8-20(11-19,13-21(25,9-15)12-19)18(24)22-6-5-16-10-26-17(23-16)14(2)3/h10,14-15,25H,4-9,11-13H2,1-3H3,(H,22,24). The van der Waals surface area contributed by atoms with Crippen LogP contribution in [0.3, 0.4) is 0 Å². The zero-order chi connectivity index (χ0) is 18.6. The topological polar surface area (TPSA) is 62.2 Å². The average Bonchev–Trinajstić information content (AvgIpc) is 3.01. The third kappa shape index (κ3) is 3.11. The van der Waals surface area contributed by atoms with E-state index < -0.39 is 5.60 Å². The van der Waals surface area contributed by atoms with Crippen LogP contribution in [0.2, 0.25) is 0 Å². The number of aromatic nitrogens is 1. The van der Waals surface area contributed by atoms with E-state index in [-0.39, 0.29) is 16.7 Å². The fourth-order valence-corrected chi connectivity index (χ4v) is 7.30. The number of thiazole rings is 1. The van der Waals surface area contributed by atoms with Gasteiger partial charge in [-0.15, -0.1) is 11.3 Å². The van der Waals surface area contributed by atoms with Gasteiger partial charge in [0.25, 0.3) is 0 Å². The first-order chi connectivity index (χ1) is 12.3. The van der Waals surface area contributed by atoms with Gasteiger partial charge in [0.05, 0.1) is 21.7 Å². The average molecular weight is 377 g/mol. The summed E-state index contributed by atoms with van der Waals surface area (Å²) in [6.45, 7) is 7.19. The molecular formula is C21H32N2O2S. The number of rotatable bonds is 6. The van der Waals surface area contributed by atoms with E-state index in [1.807, 2.05) is 0 Å². The lowest BCUT2D eigenvalue weighted by molar-refractivity contribution is -0.204. The van der Waals surface area contributed by atoms with E-state index in [0.717, 1.165) is 44.2 Å². The monoisotopic (exact) mass is 376 g/mol. The van der Waals surface area contributed by atoms with Crippen LogP contribution < -0.4 is 5.32 Å². The largest absolute Gasteiger partial charge is 0.390 e. The quantitative estimate of drug-likeness (QED) is 0.788. The Morgan fingerprint density at radius 2 is 2.15 bits per heavy atom. The van der Waals surface area contributed by atoms with Crippen molar-refractivity contribution >= 4 is 17.2 Å². The lowest BCUT2D eigenvalue weighted by atomic mass is 9.42. The van der Waals surface area contributed by atoms with E-state index >= 15 is 0 Å². The molecular weight excluding hydrogens is 344 g/mol. The van der Waals surface area contributed by atoms with Crippen LogP contribution in [0.4, 0.5) is 0 Å². The molecule has 5 heteroatoms. The first-order valence-corrected chi connectivity index (χ1v) is 11.1. The predicted molar refractivity (Wildman–Crippen MR) is 104 cm³/mol. The molecule has 4 unspecified atom stereocenters. The zero-order valence-electron chi connectivity index (χ0n) is 16.3. The molecule has 0 aromatic carbocycles. The molecule has 4 aliphatic rings. The molecule has 4 aliphatic carbocycles. The van der Waals surface area contributed by atoms with E-state index in [1.54, 1.807) is 11.3 Å². The summed E-state index contributed by atoms with van der Waals surface area (Å²) in [7, 11) is 0. The Morgan fingerprint density at radius 1 is 1.35 bits per heavy atom. The van der Waals surface area contributed by atoms with E-state index in [9.17, 15) is 9.90 Å². The third-order valence-corrected chi connectivity index (χ3v) is 8.31. The molecule has 26 heavy (non-hydrogen) atoms. The minimum absolute atomic E-state index is 0.178. The van der Waals surface area contributed by atoms with Gasteiger partial charge in [0.1, 0.15) is 0 Å². The molecule has 1 aromatic rings. The second kappa shape index (κ2) is 6.30. The summed E-state index contributed by atoms with van der Waals surface area (Å²) in [5.74, 6) is 1.16. The zero-order valence-corrected chi connectivity index (χ0v) is 17.1. The third-order valence-electron chi connectivity index (χ3n) is 7.12. The summed E-state index contributed by atoms with van der Waals surface area (Å²) in [6.07, 6.45) is 7.48. The van der Waals surface area contributed by atoms with Crippen LogP contribution in [-0.4, -0.2) is 28.1 Å². The maximum atomic E-state index is 13.2. The van der Waals surface area contributed by atoms with Gasteiger partial charge in [0, 0.05) is 24.3 Å². The van der Waals surface area contributed by atoms with Crippen molar-refractivity contribution in [1.29, 1.82) is 0 Å². The maximum Gasteiger partial charge on any atom is 0.226 e. The summed E-state index contributed by atoms with van der Waals surface area (Å²) in [5.41, 5.74) is 0.323. The molecule has 5 rings (SSSR count). The number of nitrogens with zero attached hydrogens (tertiary/aromatic N) is 1. The predicted octanol–water partition coefficient (Wildman–Crippen LogP) is 4.04.